The third kappa shape index (κ3) is 14.7. The van der Waals surface area contributed by atoms with E-state index in [2.05, 4.69) is 6.92 Å². The van der Waals surface area contributed by atoms with Crippen molar-refractivity contribution in [1.29, 1.82) is 0 Å². The first-order valence-electron chi connectivity index (χ1n) is 10.3. The Morgan fingerprint density at radius 3 is 1.35 bits per heavy atom. The zero-order chi connectivity index (χ0) is 19.7. The minimum atomic E-state index is -5.41. The highest BCUT2D eigenvalue weighted by Crippen LogP contribution is 2.39. The fourth-order valence-electron chi connectivity index (χ4n) is 2.81. The Morgan fingerprint density at radius 1 is 0.538 bits per heavy atom. The average molecular weight is 389 g/mol. The van der Waals surface area contributed by atoms with Crippen molar-refractivity contribution in [3.05, 3.63) is 0 Å². The second-order valence-corrected chi connectivity index (χ2v) is 7.16. The van der Waals surface area contributed by atoms with Crippen molar-refractivity contribution in [2.24, 2.45) is 0 Å². The van der Waals surface area contributed by atoms with Gasteiger partial charge >= 0.3 is 12.1 Å². The summed E-state index contributed by atoms with van der Waals surface area (Å²) in [5.74, 6) is -4.53. The van der Waals surface area contributed by atoms with Gasteiger partial charge in [-0.05, 0) is 19.3 Å². The average Bonchev–Trinajstić information content (AvgIpc) is 2.56. The van der Waals surface area contributed by atoms with Crippen molar-refractivity contribution in [1.82, 2.24) is 0 Å². The number of unbranched alkanes of at least 4 members (excludes halogenated alkanes) is 12. The molecule has 0 aliphatic heterocycles. The minimum Gasteiger partial charge on any atom is -0.381 e. The molecule has 0 rings (SSSR count). The van der Waals surface area contributed by atoms with Crippen LogP contribution in [0.15, 0.2) is 0 Å². The summed E-state index contributed by atoms with van der Waals surface area (Å²) in [4.78, 5) is 0. The van der Waals surface area contributed by atoms with Crippen LogP contribution in [0.5, 0.6) is 0 Å². The molecule has 0 saturated carbocycles. The molecule has 0 atom stereocenters. The van der Waals surface area contributed by atoms with Gasteiger partial charge in [0, 0.05) is 19.6 Å². The molecule has 26 heavy (non-hydrogen) atoms. The Hall–Kier alpha value is -0.390. The van der Waals surface area contributed by atoms with Crippen molar-refractivity contribution < 1.29 is 26.7 Å². The molecule has 0 radical (unpaired) electrons. The normalized spacial score (nSPS) is 12.7. The second-order valence-electron chi connectivity index (χ2n) is 7.16. The number of alkyl halides is 5. The Kier molecular flexibility index (Phi) is 15.4. The summed E-state index contributed by atoms with van der Waals surface area (Å²) in [6.45, 7) is 3.90. The summed E-state index contributed by atoms with van der Waals surface area (Å²) in [6, 6.07) is 0. The van der Waals surface area contributed by atoms with E-state index in [0.29, 0.717) is 6.42 Å². The maximum Gasteiger partial charge on any atom is 0.453 e. The lowest BCUT2D eigenvalue weighted by Gasteiger charge is -2.19. The van der Waals surface area contributed by atoms with Crippen LogP contribution in [0.2, 0.25) is 0 Å². The van der Waals surface area contributed by atoms with Crippen LogP contribution in [-0.4, -0.2) is 25.3 Å². The third-order valence-corrected chi connectivity index (χ3v) is 4.59. The maximum absolute atomic E-state index is 12.7. The summed E-state index contributed by atoms with van der Waals surface area (Å²) < 4.78 is 66.9. The lowest BCUT2D eigenvalue weighted by Crippen LogP contribution is -2.36. The lowest BCUT2D eigenvalue weighted by molar-refractivity contribution is -0.284. The minimum absolute atomic E-state index is 0.0608. The molecule has 0 N–H and O–H groups in total. The Bertz CT molecular complexity index is 305. The van der Waals surface area contributed by atoms with E-state index in [1.54, 1.807) is 0 Å². The van der Waals surface area contributed by atoms with E-state index in [1.807, 2.05) is 0 Å². The lowest BCUT2D eigenvalue weighted by atomic mass is 10.0. The van der Waals surface area contributed by atoms with E-state index in [-0.39, 0.29) is 6.42 Å². The van der Waals surface area contributed by atoms with Crippen molar-refractivity contribution in [2.75, 3.05) is 13.2 Å². The van der Waals surface area contributed by atoms with Gasteiger partial charge in [-0.15, -0.1) is 0 Å². The topological polar surface area (TPSA) is 9.23 Å². The van der Waals surface area contributed by atoms with Crippen LogP contribution in [0.25, 0.3) is 0 Å². The van der Waals surface area contributed by atoms with Crippen LogP contribution < -0.4 is 0 Å². The molecule has 1 nitrogen and oxygen atoms in total. The molecule has 0 aromatic rings. The van der Waals surface area contributed by atoms with Crippen LogP contribution in [0, 0.1) is 0 Å². The van der Waals surface area contributed by atoms with Gasteiger partial charge in [-0.25, -0.2) is 0 Å². The predicted octanol–water partition coefficient (Wildman–Crippen LogP) is 8.07. The van der Waals surface area contributed by atoms with E-state index in [4.69, 9.17) is 4.74 Å². The number of halogens is 5. The molecule has 0 bridgehead atoms. The molecular weight excluding hydrogens is 351 g/mol. The standard InChI is InChI=1S/C20H37F5O/c1-2-3-17-26-18-15-13-11-9-7-5-4-6-8-10-12-14-16-19(21,22)20(23,24)25/h2-18H2,1H3. The Morgan fingerprint density at radius 2 is 0.923 bits per heavy atom. The van der Waals surface area contributed by atoms with Gasteiger partial charge in [-0.1, -0.05) is 77.6 Å². The largest absolute Gasteiger partial charge is 0.453 e. The summed E-state index contributed by atoms with van der Waals surface area (Å²) in [5.41, 5.74) is 0. The Balaban J connectivity index is 3.21. The number of hydrogen-bond acceptors (Lipinski definition) is 1. The molecule has 0 fully saturated rings. The van der Waals surface area contributed by atoms with Crippen LogP contribution in [0.1, 0.15) is 103 Å². The van der Waals surface area contributed by atoms with Gasteiger partial charge < -0.3 is 4.74 Å². The first-order valence-corrected chi connectivity index (χ1v) is 10.3. The molecule has 0 amide bonds. The van der Waals surface area contributed by atoms with Crippen molar-refractivity contribution >= 4 is 0 Å². The first kappa shape index (κ1) is 25.6. The van der Waals surface area contributed by atoms with E-state index in [1.165, 1.54) is 38.5 Å². The summed E-state index contributed by atoms with van der Waals surface area (Å²) >= 11 is 0. The number of hydrogen-bond donors (Lipinski definition) is 0. The number of rotatable bonds is 18. The number of ether oxygens (including phenoxy) is 1. The highest BCUT2D eigenvalue weighted by atomic mass is 19.4. The van der Waals surface area contributed by atoms with Crippen LogP contribution >= 0.6 is 0 Å². The second kappa shape index (κ2) is 15.6. The van der Waals surface area contributed by atoms with E-state index in [0.717, 1.165) is 51.7 Å². The van der Waals surface area contributed by atoms with Crippen LogP contribution in [-0.2, 0) is 4.74 Å². The summed E-state index contributed by atoms with van der Waals surface area (Å²) in [6.07, 6.45) is 7.27. The van der Waals surface area contributed by atoms with Crippen molar-refractivity contribution in [3.63, 3.8) is 0 Å². The molecule has 6 heteroatoms. The molecule has 0 unspecified atom stereocenters. The fraction of sp³-hybridized carbons (Fsp3) is 1.00. The highest BCUT2D eigenvalue weighted by Gasteiger charge is 2.56. The summed E-state index contributed by atoms with van der Waals surface area (Å²) in [5, 5.41) is 0. The Labute approximate surface area is 156 Å². The maximum atomic E-state index is 12.7. The molecule has 0 aliphatic carbocycles. The third-order valence-electron chi connectivity index (χ3n) is 4.59. The van der Waals surface area contributed by atoms with Crippen LogP contribution in [0.3, 0.4) is 0 Å². The molecule has 0 aromatic carbocycles. The predicted molar refractivity (Wildman–Crippen MR) is 96.8 cm³/mol. The zero-order valence-corrected chi connectivity index (χ0v) is 16.3. The van der Waals surface area contributed by atoms with Gasteiger partial charge in [0.25, 0.3) is 0 Å². The highest BCUT2D eigenvalue weighted by molar-refractivity contribution is 4.75. The molecular formula is C20H37F5O. The fourth-order valence-corrected chi connectivity index (χ4v) is 2.81. The van der Waals surface area contributed by atoms with E-state index >= 15 is 0 Å². The van der Waals surface area contributed by atoms with E-state index < -0.39 is 18.5 Å². The smallest absolute Gasteiger partial charge is 0.381 e. The molecule has 0 aromatic heterocycles. The van der Waals surface area contributed by atoms with Crippen molar-refractivity contribution in [2.45, 2.75) is 115 Å². The summed E-state index contributed by atoms with van der Waals surface area (Å²) in [7, 11) is 0. The zero-order valence-electron chi connectivity index (χ0n) is 16.3. The first-order chi connectivity index (χ1) is 12.3. The van der Waals surface area contributed by atoms with Gasteiger partial charge in [-0.3, -0.25) is 0 Å². The van der Waals surface area contributed by atoms with Gasteiger partial charge in [0.05, 0.1) is 0 Å². The van der Waals surface area contributed by atoms with Gasteiger partial charge in [0.2, 0.25) is 0 Å². The van der Waals surface area contributed by atoms with Gasteiger partial charge in [0.15, 0.2) is 0 Å². The van der Waals surface area contributed by atoms with E-state index in [9.17, 15) is 22.0 Å². The molecule has 0 heterocycles. The van der Waals surface area contributed by atoms with Crippen LogP contribution in [0.4, 0.5) is 22.0 Å². The van der Waals surface area contributed by atoms with Gasteiger partial charge in [-0.2, -0.15) is 22.0 Å². The molecule has 158 valence electrons. The van der Waals surface area contributed by atoms with Crippen molar-refractivity contribution in [3.8, 4) is 0 Å². The SMILES string of the molecule is CCCCOCCCCCCCCCCCCCCC(F)(F)C(F)(F)F. The van der Waals surface area contributed by atoms with Gasteiger partial charge in [0.1, 0.15) is 0 Å². The molecule has 0 saturated heterocycles. The molecule has 0 spiro atoms. The molecule has 0 aliphatic rings. The monoisotopic (exact) mass is 388 g/mol. The quantitative estimate of drug-likeness (QED) is 0.170.